The molecule has 3 aromatic rings. The SMILES string of the molecule is COc1cc(CCC(F)(F)F)c(F)cc1-c1c(S(=O)(=O)O)ccc2[nH]c(=O)ccc12. The first-order valence-electron chi connectivity index (χ1n) is 8.48. The van der Waals surface area contributed by atoms with E-state index in [9.17, 15) is 35.3 Å². The Morgan fingerprint density at radius 1 is 1.13 bits per heavy atom. The molecule has 2 aromatic carbocycles. The number of aromatic nitrogens is 1. The molecule has 6 nitrogen and oxygen atoms in total. The van der Waals surface area contributed by atoms with Crippen molar-refractivity contribution < 1.29 is 35.3 Å². The number of fused-ring (bicyclic) bond motifs is 1. The average molecular weight is 445 g/mol. The van der Waals surface area contributed by atoms with E-state index in [0.717, 1.165) is 24.3 Å². The molecule has 0 atom stereocenters. The van der Waals surface area contributed by atoms with Gasteiger partial charge in [0.1, 0.15) is 16.5 Å². The molecular weight excluding hydrogens is 430 g/mol. The van der Waals surface area contributed by atoms with Gasteiger partial charge in [0.2, 0.25) is 5.56 Å². The van der Waals surface area contributed by atoms with Crippen molar-refractivity contribution in [1.82, 2.24) is 4.98 Å². The Labute approximate surface area is 167 Å². The van der Waals surface area contributed by atoms with E-state index < -0.39 is 45.4 Å². The normalized spacial score (nSPS) is 12.3. The molecule has 160 valence electrons. The Morgan fingerprint density at radius 3 is 2.43 bits per heavy atom. The van der Waals surface area contributed by atoms with Gasteiger partial charge in [-0.3, -0.25) is 9.35 Å². The van der Waals surface area contributed by atoms with Gasteiger partial charge in [0.05, 0.1) is 7.11 Å². The molecule has 0 aliphatic heterocycles. The highest BCUT2D eigenvalue weighted by molar-refractivity contribution is 7.86. The lowest BCUT2D eigenvalue weighted by Gasteiger charge is -2.16. The summed E-state index contributed by atoms with van der Waals surface area (Å²) in [7, 11) is -3.59. The van der Waals surface area contributed by atoms with Crippen LogP contribution in [0.4, 0.5) is 17.6 Å². The standard InChI is InChI=1S/C19H15F4NO5S/c1-29-15-8-10(6-7-19(21,22)23)13(20)9-12(15)18-11-2-5-17(25)24-14(11)3-4-16(18)30(26,27)28/h2-5,8-9H,6-7H2,1H3,(H,24,25)(H,26,27,28). The number of rotatable bonds is 5. The second-order valence-electron chi connectivity index (χ2n) is 6.46. The number of benzene rings is 2. The Balaban J connectivity index is 2.31. The molecule has 0 spiro atoms. The first kappa shape index (κ1) is 21.8. The summed E-state index contributed by atoms with van der Waals surface area (Å²) >= 11 is 0. The van der Waals surface area contributed by atoms with Crippen LogP contribution < -0.4 is 10.3 Å². The first-order chi connectivity index (χ1) is 13.9. The molecule has 0 unspecified atom stereocenters. The topological polar surface area (TPSA) is 96.5 Å². The number of halogens is 4. The minimum absolute atomic E-state index is 0.0998. The number of hydrogen-bond donors (Lipinski definition) is 2. The van der Waals surface area contributed by atoms with Crippen LogP contribution >= 0.6 is 0 Å². The molecule has 1 heterocycles. The van der Waals surface area contributed by atoms with Crippen molar-refractivity contribution in [2.24, 2.45) is 0 Å². The Hall–Kier alpha value is -2.92. The summed E-state index contributed by atoms with van der Waals surface area (Å²) in [6.45, 7) is 0. The van der Waals surface area contributed by atoms with Gasteiger partial charge in [-0.25, -0.2) is 4.39 Å². The van der Waals surface area contributed by atoms with Crippen LogP contribution in [0.1, 0.15) is 12.0 Å². The predicted molar refractivity (Wildman–Crippen MR) is 101 cm³/mol. The number of aromatic amines is 1. The van der Waals surface area contributed by atoms with Gasteiger partial charge < -0.3 is 9.72 Å². The maximum Gasteiger partial charge on any atom is 0.389 e. The van der Waals surface area contributed by atoms with Crippen molar-refractivity contribution in [3.05, 3.63) is 58.1 Å². The fourth-order valence-electron chi connectivity index (χ4n) is 3.14. The van der Waals surface area contributed by atoms with Crippen LogP contribution in [0, 0.1) is 5.82 Å². The molecule has 0 bridgehead atoms. The van der Waals surface area contributed by atoms with Gasteiger partial charge in [-0.15, -0.1) is 0 Å². The zero-order valence-electron chi connectivity index (χ0n) is 15.4. The molecule has 11 heteroatoms. The third kappa shape index (κ3) is 4.46. The largest absolute Gasteiger partial charge is 0.496 e. The highest BCUT2D eigenvalue weighted by Crippen LogP contribution is 2.40. The van der Waals surface area contributed by atoms with E-state index in [1.54, 1.807) is 0 Å². The minimum atomic E-state index is -4.78. The van der Waals surface area contributed by atoms with Crippen molar-refractivity contribution in [3.8, 4) is 16.9 Å². The number of pyridine rings is 1. The monoisotopic (exact) mass is 445 g/mol. The summed E-state index contributed by atoms with van der Waals surface area (Å²) < 4.78 is 90.8. The minimum Gasteiger partial charge on any atom is -0.496 e. The fraction of sp³-hybridized carbons (Fsp3) is 0.211. The average Bonchev–Trinajstić information content (AvgIpc) is 2.64. The van der Waals surface area contributed by atoms with E-state index in [0.29, 0.717) is 0 Å². The van der Waals surface area contributed by atoms with Crippen molar-refractivity contribution in [2.75, 3.05) is 7.11 Å². The van der Waals surface area contributed by atoms with Crippen molar-refractivity contribution in [2.45, 2.75) is 23.9 Å². The number of alkyl halides is 3. The smallest absolute Gasteiger partial charge is 0.389 e. The lowest BCUT2D eigenvalue weighted by molar-refractivity contribution is -0.134. The molecule has 3 rings (SSSR count). The fourth-order valence-corrected chi connectivity index (χ4v) is 3.85. The van der Waals surface area contributed by atoms with Crippen LogP contribution in [0.2, 0.25) is 0 Å². The van der Waals surface area contributed by atoms with Crippen LogP contribution in [0.25, 0.3) is 22.0 Å². The number of methoxy groups -OCH3 is 1. The van der Waals surface area contributed by atoms with E-state index >= 15 is 0 Å². The van der Waals surface area contributed by atoms with Crippen molar-refractivity contribution >= 4 is 21.0 Å². The molecule has 0 radical (unpaired) electrons. The highest BCUT2D eigenvalue weighted by Gasteiger charge is 2.28. The number of ether oxygens (including phenoxy) is 1. The number of hydrogen-bond acceptors (Lipinski definition) is 4. The molecule has 0 aliphatic carbocycles. The molecule has 0 fully saturated rings. The summed E-state index contributed by atoms with van der Waals surface area (Å²) in [6.07, 6.45) is -6.38. The van der Waals surface area contributed by atoms with E-state index in [4.69, 9.17) is 4.74 Å². The van der Waals surface area contributed by atoms with Crippen LogP contribution in [-0.2, 0) is 16.5 Å². The van der Waals surface area contributed by atoms with E-state index in [-0.39, 0.29) is 33.3 Å². The van der Waals surface area contributed by atoms with E-state index in [2.05, 4.69) is 4.98 Å². The zero-order chi connectivity index (χ0) is 22.3. The van der Waals surface area contributed by atoms with Gasteiger partial charge in [-0.2, -0.15) is 21.6 Å². The molecule has 0 aliphatic rings. The van der Waals surface area contributed by atoms with Gasteiger partial charge in [0.15, 0.2) is 0 Å². The molecule has 0 saturated carbocycles. The van der Waals surface area contributed by atoms with Crippen molar-refractivity contribution in [1.29, 1.82) is 0 Å². The summed E-state index contributed by atoms with van der Waals surface area (Å²) in [4.78, 5) is 13.5. The maximum absolute atomic E-state index is 14.6. The summed E-state index contributed by atoms with van der Waals surface area (Å²) in [5.74, 6) is -1.10. The van der Waals surface area contributed by atoms with E-state index in [1.165, 1.54) is 19.2 Å². The zero-order valence-corrected chi connectivity index (χ0v) is 16.2. The van der Waals surface area contributed by atoms with Gasteiger partial charge >= 0.3 is 6.18 Å². The third-order valence-electron chi connectivity index (χ3n) is 4.46. The third-order valence-corrected chi connectivity index (χ3v) is 5.36. The highest BCUT2D eigenvalue weighted by atomic mass is 32.2. The second kappa shape index (κ2) is 7.73. The summed E-state index contributed by atoms with van der Waals surface area (Å²) in [6, 6.07) is 6.57. The molecule has 30 heavy (non-hydrogen) atoms. The number of nitrogens with one attached hydrogen (secondary N) is 1. The molecular formula is C19H15F4NO5S. The Morgan fingerprint density at radius 2 is 1.83 bits per heavy atom. The van der Waals surface area contributed by atoms with Crippen molar-refractivity contribution in [3.63, 3.8) is 0 Å². The van der Waals surface area contributed by atoms with Crippen LogP contribution in [0.3, 0.4) is 0 Å². The Bertz CT molecular complexity index is 1280. The maximum atomic E-state index is 14.6. The number of H-pyrrole nitrogens is 1. The lowest BCUT2D eigenvalue weighted by Crippen LogP contribution is -2.10. The van der Waals surface area contributed by atoms with Gasteiger partial charge in [0.25, 0.3) is 10.1 Å². The predicted octanol–water partition coefficient (Wildman–Crippen LogP) is 4.08. The molecule has 0 amide bonds. The molecule has 1 aromatic heterocycles. The van der Waals surface area contributed by atoms with Crippen LogP contribution in [0.15, 0.2) is 46.1 Å². The lowest BCUT2D eigenvalue weighted by atomic mass is 9.96. The van der Waals surface area contributed by atoms with Crippen LogP contribution in [-0.4, -0.2) is 31.2 Å². The summed E-state index contributed by atoms with van der Waals surface area (Å²) in [5.41, 5.74) is -0.822. The van der Waals surface area contributed by atoms with Gasteiger partial charge in [-0.1, -0.05) is 0 Å². The van der Waals surface area contributed by atoms with E-state index in [1.807, 2.05) is 0 Å². The molecule has 2 N–H and O–H groups in total. The quantitative estimate of drug-likeness (QED) is 0.456. The number of aryl methyl sites for hydroxylation is 1. The molecule has 0 saturated heterocycles. The Kier molecular flexibility index (Phi) is 5.61. The van der Waals surface area contributed by atoms with Crippen LogP contribution in [0.5, 0.6) is 5.75 Å². The van der Waals surface area contributed by atoms with Gasteiger partial charge in [0, 0.05) is 34.5 Å². The van der Waals surface area contributed by atoms with Gasteiger partial charge in [-0.05, 0) is 42.3 Å². The summed E-state index contributed by atoms with van der Waals surface area (Å²) in [5, 5.41) is 0.158. The first-order valence-corrected chi connectivity index (χ1v) is 9.92. The second-order valence-corrected chi connectivity index (χ2v) is 7.85.